The molecule has 14 heavy (non-hydrogen) atoms. The number of rotatable bonds is 3. The summed E-state index contributed by atoms with van der Waals surface area (Å²) in [5, 5.41) is 10.8. The predicted molar refractivity (Wildman–Crippen MR) is 46.1 cm³/mol. The van der Waals surface area contributed by atoms with E-state index < -0.39 is 28.6 Å². The highest BCUT2D eigenvalue weighted by atomic mass is 16.7. The summed E-state index contributed by atoms with van der Waals surface area (Å²) in [4.78, 5) is 21.3. The van der Waals surface area contributed by atoms with Gasteiger partial charge in [0.05, 0.1) is 6.42 Å². The molecule has 0 amide bonds. The third-order valence-corrected chi connectivity index (χ3v) is 2.57. The number of esters is 1. The SMILES string of the molecule is COC1OC(=O)CC1C(C)(C)[N+](=O)[O-]. The van der Waals surface area contributed by atoms with E-state index in [1.165, 1.54) is 21.0 Å². The molecule has 1 aliphatic heterocycles. The van der Waals surface area contributed by atoms with Gasteiger partial charge in [0, 0.05) is 25.9 Å². The molecule has 0 aromatic rings. The van der Waals surface area contributed by atoms with E-state index in [4.69, 9.17) is 9.47 Å². The van der Waals surface area contributed by atoms with Gasteiger partial charge in [0.2, 0.25) is 11.8 Å². The van der Waals surface area contributed by atoms with Crippen molar-refractivity contribution in [1.82, 2.24) is 0 Å². The minimum atomic E-state index is -1.22. The second kappa shape index (κ2) is 3.53. The maximum atomic E-state index is 11.0. The molecule has 2 unspecified atom stereocenters. The van der Waals surface area contributed by atoms with E-state index >= 15 is 0 Å². The fourth-order valence-electron chi connectivity index (χ4n) is 1.47. The van der Waals surface area contributed by atoms with Crippen LogP contribution in [0.1, 0.15) is 20.3 Å². The summed E-state index contributed by atoms with van der Waals surface area (Å²) in [5.74, 6) is -0.980. The highest BCUT2D eigenvalue weighted by molar-refractivity contribution is 5.72. The first kappa shape index (κ1) is 10.9. The van der Waals surface area contributed by atoms with Gasteiger partial charge in [0.15, 0.2) is 0 Å². The molecule has 6 heteroatoms. The van der Waals surface area contributed by atoms with E-state index in [0.29, 0.717) is 0 Å². The molecule has 0 saturated carbocycles. The lowest BCUT2D eigenvalue weighted by molar-refractivity contribution is -0.574. The molecule has 0 N–H and O–H groups in total. The van der Waals surface area contributed by atoms with Gasteiger partial charge in [-0.15, -0.1) is 0 Å². The summed E-state index contributed by atoms with van der Waals surface area (Å²) in [5.41, 5.74) is -1.22. The number of carbonyl (C=O) groups excluding carboxylic acids is 1. The second-order valence-electron chi connectivity index (χ2n) is 3.82. The van der Waals surface area contributed by atoms with E-state index in [1.807, 2.05) is 0 Å². The van der Waals surface area contributed by atoms with E-state index in [2.05, 4.69) is 0 Å². The summed E-state index contributed by atoms with van der Waals surface area (Å²) in [7, 11) is 1.37. The number of nitro groups is 1. The molecule has 0 aromatic carbocycles. The topological polar surface area (TPSA) is 78.7 Å². The summed E-state index contributed by atoms with van der Waals surface area (Å²) < 4.78 is 9.68. The first-order chi connectivity index (χ1) is 6.39. The summed E-state index contributed by atoms with van der Waals surface area (Å²) >= 11 is 0. The van der Waals surface area contributed by atoms with Crippen molar-refractivity contribution >= 4 is 5.97 Å². The van der Waals surface area contributed by atoms with Gasteiger partial charge in [-0.3, -0.25) is 14.9 Å². The Morgan fingerprint density at radius 1 is 1.64 bits per heavy atom. The van der Waals surface area contributed by atoms with Crippen molar-refractivity contribution in [3.05, 3.63) is 10.1 Å². The van der Waals surface area contributed by atoms with E-state index in [-0.39, 0.29) is 6.42 Å². The number of nitrogens with zero attached hydrogens (tertiary/aromatic N) is 1. The Labute approximate surface area is 81.3 Å². The van der Waals surface area contributed by atoms with Gasteiger partial charge in [-0.2, -0.15) is 0 Å². The van der Waals surface area contributed by atoms with Crippen LogP contribution in [0.3, 0.4) is 0 Å². The molecular formula is C8H13NO5. The number of hydrogen-bond donors (Lipinski definition) is 0. The van der Waals surface area contributed by atoms with Gasteiger partial charge in [-0.05, 0) is 0 Å². The minimum Gasteiger partial charge on any atom is -0.435 e. The van der Waals surface area contributed by atoms with Gasteiger partial charge in [0.1, 0.15) is 5.92 Å². The van der Waals surface area contributed by atoms with Crippen LogP contribution in [0.15, 0.2) is 0 Å². The second-order valence-corrected chi connectivity index (χ2v) is 3.82. The molecule has 1 rings (SSSR count). The zero-order valence-electron chi connectivity index (χ0n) is 8.35. The van der Waals surface area contributed by atoms with Crippen molar-refractivity contribution in [1.29, 1.82) is 0 Å². The van der Waals surface area contributed by atoms with Gasteiger partial charge in [-0.25, -0.2) is 0 Å². The van der Waals surface area contributed by atoms with Gasteiger partial charge in [0.25, 0.3) is 0 Å². The zero-order chi connectivity index (χ0) is 10.9. The Balaban J connectivity index is 2.86. The highest BCUT2D eigenvalue weighted by Gasteiger charge is 2.52. The van der Waals surface area contributed by atoms with Crippen LogP contribution in [0.5, 0.6) is 0 Å². The van der Waals surface area contributed by atoms with Crippen LogP contribution in [-0.2, 0) is 14.3 Å². The standard InChI is InChI=1S/C8H13NO5/c1-8(2,9(11)12)5-4-6(10)14-7(5)13-3/h5,7H,4H2,1-3H3. The fourth-order valence-corrected chi connectivity index (χ4v) is 1.47. The van der Waals surface area contributed by atoms with Gasteiger partial charge >= 0.3 is 5.97 Å². The van der Waals surface area contributed by atoms with Crippen LogP contribution in [0.25, 0.3) is 0 Å². The van der Waals surface area contributed by atoms with Crippen LogP contribution in [0.4, 0.5) is 0 Å². The molecule has 2 atom stereocenters. The van der Waals surface area contributed by atoms with Crippen molar-refractivity contribution < 1.29 is 19.2 Å². The zero-order valence-corrected chi connectivity index (χ0v) is 8.35. The van der Waals surface area contributed by atoms with Gasteiger partial charge in [-0.1, -0.05) is 0 Å². The molecule has 1 aliphatic rings. The van der Waals surface area contributed by atoms with Crippen molar-refractivity contribution in [3.8, 4) is 0 Å². The molecule has 0 aliphatic carbocycles. The first-order valence-corrected chi connectivity index (χ1v) is 4.26. The lowest BCUT2D eigenvalue weighted by Crippen LogP contribution is -2.44. The van der Waals surface area contributed by atoms with Crippen molar-refractivity contribution in [3.63, 3.8) is 0 Å². The van der Waals surface area contributed by atoms with E-state index in [0.717, 1.165) is 0 Å². The Morgan fingerprint density at radius 2 is 2.21 bits per heavy atom. The lowest BCUT2D eigenvalue weighted by Gasteiger charge is -2.24. The molecule has 1 heterocycles. The Hall–Kier alpha value is -1.17. The van der Waals surface area contributed by atoms with Crippen LogP contribution in [0, 0.1) is 16.0 Å². The van der Waals surface area contributed by atoms with Gasteiger partial charge < -0.3 is 9.47 Å². The number of carbonyl (C=O) groups is 1. The molecule has 1 saturated heterocycles. The van der Waals surface area contributed by atoms with Crippen LogP contribution in [-0.4, -0.2) is 29.8 Å². The first-order valence-electron chi connectivity index (χ1n) is 4.26. The average molecular weight is 203 g/mol. The minimum absolute atomic E-state index is 0.0342. The Bertz CT molecular complexity index is 262. The quantitative estimate of drug-likeness (QED) is 0.381. The number of methoxy groups -OCH3 is 1. The normalized spacial score (nSPS) is 27.5. The summed E-state index contributed by atoms with van der Waals surface area (Å²) in [6.45, 7) is 2.93. The van der Waals surface area contributed by atoms with Crippen molar-refractivity contribution in [2.45, 2.75) is 32.1 Å². The smallest absolute Gasteiger partial charge is 0.308 e. The average Bonchev–Trinajstić information content (AvgIpc) is 2.46. The van der Waals surface area contributed by atoms with Crippen LogP contribution < -0.4 is 0 Å². The largest absolute Gasteiger partial charge is 0.435 e. The molecule has 1 fully saturated rings. The molecule has 0 spiro atoms. The lowest BCUT2D eigenvalue weighted by atomic mass is 9.86. The highest BCUT2D eigenvalue weighted by Crippen LogP contribution is 2.34. The Morgan fingerprint density at radius 3 is 2.64 bits per heavy atom. The van der Waals surface area contributed by atoms with E-state index in [9.17, 15) is 14.9 Å². The molecule has 80 valence electrons. The maximum absolute atomic E-state index is 11.0. The molecular weight excluding hydrogens is 190 g/mol. The number of hydrogen-bond acceptors (Lipinski definition) is 5. The molecule has 0 aromatic heterocycles. The Kier molecular flexibility index (Phi) is 2.75. The number of cyclic esters (lactones) is 1. The molecule has 0 radical (unpaired) electrons. The third-order valence-electron chi connectivity index (χ3n) is 2.57. The van der Waals surface area contributed by atoms with Crippen LogP contribution in [0.2, 0.25) is 0 Å². The fraction of sp³-hybridized carbons (Fsp3) is 0.875. The predicted octanol–water partition coefficient (Wildman–Crippen LogP) is 0.577. The monoisotopic (exact) mass is 203 g/mol. The third kappa shape index (κ3) is 1.70. The van der Waals surface area contributed by atoms with Crippen molar-refractivity contribution in [2.24, 2.45) is 5.92 Å². The molecule has 0 bridgehead atoms. The summed E-state index contributed by atoms with van der Waals surface area (Å²) in [6.07, 6.45) is -0.769. The summed E-state index contributed by atoms with van der Waals surface area (Å²) in [6, 6.07) is 0. The van der Waals surface area contributed by atoms with Crippen molar-refractivity contribution in [2.75, 3.05) is 7.11 Å². The maximum Gasteiger partial charge on any atom is 0.308 e. The number of ether oxygens (including phenoxy) is 2. The van der Waals surface area contributed by atoms with E-state index in [1.54, 1.807) is 0 Å². The van der Waals surface area contributed by atoms with Crippen LogP contribution >= 0.6 is 0 Å². The molecule has 6 nitrogen and oxygen atoms in total.